The summed E-state index contributed by atoms with van der Waals surface area (Å²) in [5, 5.41) is 5.97. The first-order chi connectivity index (χ1) is 9.20. The number of ether oxygens (including phenoxy) is 2. The molecule has 0 aliphatic carbocycles. The van der Waals surface area contributed by atoms with Gasteiger partial charge in [0.15, 0.2) is 11.5 Å². The van der Waals surface area contributed by atoms with Crippen LogP contribution in [-0.4, -0.2) is 31.7 Å². The van der Waals surface area contributed by atoms with Crippen LogP contribution in [0.1, 0.15) is 19.4 Å². The first-order valence-electron chi connectivity index (χ1n) is 6.60. The molecule has 1 unspecified atom stereocenters. The van der Waals surface area contributed by atoms with Crippen LogP contribution in [0.4, 0.5) is 0 Å². The van der Waals surface area contributed by atoms with Gasteiger partial charge in [-0.2, -0.15) is 0 Å². The standard InChI is InChI=1S/C14H20N2O3/c1-3-15-14(17)10(2)16-9-11-4-5-12-13(8-11)19-7-6-18-12/h4-5,8,10,16H,3,6-7,9H2,1-2H3,(H,15,17). The molecule has 2 rings (SSSR count). The number of nitrogens with one attached hydrogen (secondary N) is 2. The number of benzene rings is 1. The number of hydrogen-bond donors (Lipinski definition) is 2. The highest BCUT2D eigenvalue weighted by atomic mass is 16.6. The van der Waals surface area contributed by atoms with E-state index < -0.39 is 0 Å². The average molecular weight is 264 g/mol. The monoisotopic (exact) mass is 264 g/mol. The molecule has 1 amide bonds. The first kappa shape index (κ1) is 13.7. The number of amides is 1. The molecule has 0 bridgehead atoms. The minimum atomic E-state index is -0.215. The van der Waals surface area contributed by atoms with Crippen molar-refractivity contribution < 1.29 is 14.3 Å². The van der Waals surface area contributed by atoms with Gasteiger partial charge in [0.05, 0.1) is 6.04 Å². The lowest BCUT2D eigenvalue weighted by atomic mass is 10.2. The molecule has 1 aromatic carbocycles. The normalized spacial score (nSPS) is 14.8. The maximum atomic E-state index is 11.6. The maximum Gasteiger partial charge on any atom is 0.236 e. The molecule has 0 spiro atoms. The summed E-state index contributed by atoms with van der Waals surface area (Å²) in [7, 11) is 0. The zero-order valence-corrected chi connectivity index (χ0v) is 11.4. The molecule has 104 valence electrons. The Morgan fingerprint density at radius 1 is 1.32 bits per heavy atom. The lowest BCUT2D eigenvalue weighted by Gasteiger charge is -2.19. The van der Waals surface area contributed by atoms with E-state index in [4.69, 9.17) is 9.47 Å². The molecule has 0 saturated heterocycles. The van der Waals surface area contributed by atoms with Crippen molar-refractivity contribution in [2.75, 3.05) is 19.8 Å². The van der Waals surface area contributed by atoms with Crippen LogP contribution in [0.3, 0.4) is 0 Å². The Labute approximate surface area is 113 Å². The van der Waals surface area contributed by atoms with Crippen molar-refractivity contribution in [2.24, 2.45) is 0 Å². The number of rotatable bonds is 5. The van der Waals surface area contributed by atoms with Gasteiger partial charge < -0.3 is 20.1 Å². The minimum absolute atomic E-state index is 0.0139. The van der Waals surface area contributed by atoms with Crippen molar-refractivity contribution in [1.29, 1.82) is 0 Å². The van der Waals surface area contributed by atoms with Gasteiger partial charge in [0.2, 0.25) is 5.91 Å². The van der Waals surface area contributed by atoms with E-state index in [1.54, 1.807) is 0 Å². The molecule has 0 fully saturated rings. The highest BCUT2D eigenvalue weighted by molar-refractivity contribution is 5.81. The number of likely N-dealkylation sites (N-methyl/N-ethyl adjacent to an activating group) is 1. The lowest BCUT2D eigenvalue weighted by molar-refractivity contribution is -0.122. The van der Waals surface area contributed by atoms with Gasteiger partial charge >= 0.3 is 0 Å². The van der Waals surface area contributed by atoms with E-state index >= 15 is 0 Å². The first-order valence-corrected chi connectivity index (χ1v) is 6.60. The van der Waals surface area contributed by atoms with Crippen LogP contribution in [-0.2, 0) is 11.3 Å². The fraction of sp³-hybridized carbons (Fsp3) is 0.500. The summed E-state index contributed by atoms with van der Waals surface area (Å²) in [6.45, 7) is 6.20. The van der Waals surface area contributed by atoms with Crippen LogP contribution >= 0.6 is 0 Å². The van der Waals surface area contributed by atoms with E-state index in [2.05, 4.69) is 10.6 Å². The number of carbonyl (C=O) groups excluding carboxylic acids is 1. The molecule has 1 aliphatic heterocycles. The van der Waals surface area contributed by atoms with E-state index in [0.717, 1.165) is 17.1 Å². The van der Waals surface area contributed by atoms with Crippen molar-refractivity contribution in [3.63, 3.8) is 0 Å². The Kier molecular flexibility index (Phi) is 4.63. The smallest absolute Gasteiger partial charge is 0.236 e. The number of carbonyl (C=O) groups is 1. The topological polar surface area (TPSA) is 59.6 Å². The second-order valence-corrected chi connectivity index (χ2v) is 4.48. The van der Waals surface area contributed by atoms with Gasteiger partial charge in [-0.15, -0.1) is 0 Å². The van der Waals surface area contributed by atoms with Gasteiger partial charge in [0.25, 0.3) is 0 Å². The Morgan fingerprint density at radius 2 is 2.05 bits per heavy atom. The largest absolute Gasteiger partial charge is 0.486 e. The van der Waals surface area contributed by atoms with Crippen molar-refractivity contribution >= 4 is 5.91 Å². The molecule has 0 aromatic heterocycles. The van der Waals surface area contributed by atoms with Crippen molar-refractivity contribution in [3.8, 4) is 11.5 Å². The summed E-state index contributed by atoms with van der Waals surface area (Å²) in [5.74, 6) is 1.57. The number of fused-ring (bicyclic) bond motifs is 1. The molecule has 1 atom stereocenters. The van der Waals surface area contributed by atoms with Gasteiger partial charge in [0.1, 0.15) is 13.2 Å². The van der Waals surface area contributed by atoms with Gasteiger partial charge in [-0.3, -0.25) is 4.79 Å². The molecule has 5 nitrogen and oxygen atoms in total. The van der Waals surface area contributed by atoms with E-state index in [-0.39, 0.29) is 11.9 Å². The molecule has 1 heterocycles. The summed E-state index contributed by atoms with van der Waals surface area (Å²) in [5.41, 5.74) is 1.07. The Bertz CT molecular complexity index is 448. The molecule has 1 aromatic rings. The third-order valence-corrected chi connectivity index (χ3v) is 2.96. The van der Waals surface area contributed by atoms with Crippen molar-refractivity contribution in [3.05, 3.63) is 23.8 Å². The van der Waals surface area contributed by atoms with Crippen LogP contribution < -0.4 is 20.1 Å². The summed E-state index contributed by atoms with van der Waals surface area (Å²) >= 11 is 0. The second-order valence-electron chi connectivity index (χ2n) is 4.48. The highest BCUT2D eigenvalue weighted by Gasteiger charge is 2.13. The average Bonchev–Trinajstić information content (AvgIpc) is 2.44. The minimum Gasteiger partial charge on any atom is -0.486 e. The molecular formula is C14H20N2O3. The Balaban J connectivity index is 1.91. The Hall–Kier alpha value is -1.75. The molecule has 1 aliphatic rings. The third kappa shape index (κ3) is 3.61. The van der Waals surface area contributed by atoms with Gasteiger partial charge in [-0.05, 0) is 31.5 Å². The zero-order chi connectivity index (χ0) is 13.7. The Morgan fingerprint density at radius 3 is 2.79 bits per heavy atom. The molecule has 2 N–H and O–H groups in total. The fourth-order valence-electron chi connectivity index (χ4n) is 1.89. The van der Waals surface area contributed by atoms with E-state index in [1.807, 2.05) is 32.0 Å². The zero-order valence-electron chi connectivity index (χ0n) is 11.4. The predicted octanol–water partition coefficient (Wildman–Crippen LogP) is 1.07. The van der Waals surface area contributed by atoms with Crippen LogP contribution in [0.2, 0.25) is 0 Å². The van der Waals surface area contributed by atoms with E-state index in [1.165, 1.54) is 0 Å². The summed E-state index contributed by atoms with van der Waals surface area (Å²) in [6, 6.07) is 5.62. The summed E-state index contributed by atoms with van der Waals surface area (Å²) in [6.07, 6.45) is 0. The highest BCUT2D eigenvalue weighted by Crippen LogP contribution is 2.30. The molecule has 5 heteroatoms. The maximum absolute atomic E-state index is 11.6. The fourth-order valence-corrected chi connectivity index (χ4v) is 1.89. The molecule has 0 radical (unpaired) electrons. The number of hydrogen-bond acceptors (Lipinski definition) is 4. The van der Waals surface area contributed by atoms with E-state index in [9.17, 15) is 4.79 Å². The van der Waals surface area contributed by atoms with Crippen LogP contribution in [0.25, 0.3) is 0 Å². The third-order valence-electron chi connectivity index (χ3n) is 2.96. The molecular weight excluding hydrogens is 244 g/mol. The molecule has 19 heavy (non-hydrogen) atoms. The van der Waals surface area contributed by atoms with Crippen molar-refractivity contribution in [1.82, 2.24) is 10.6 Å². The predicted molar refractivity (Wildman–Crippen MR) is 72.4 cm³/mol. The van der Waals surface area contributed by atoms with E-state index in [0.29, 0.717) is 26.3 Å². The quantitative estimate of drug-likeness (QED) is 0.835. The molecule has 0 saturated carbocycles. The van der Waals surface area contributed by atoms with Gasteiger partial charge in [-0.25, -0.2) is 0 Å². The second kappa shape index (κ2) is 6.43. The van der Waals surface area contributed by atoms with Gasteiger partial charge in [0, 0.05) is 13.1 Å². The summed E-state index contributed by atoms with van der Waals surface area (Å²) < 4.78 is 11.0. The van der Waals surface area contributed by atoms with Crippen LogP contribution in [0, 0.1) is 0 Å². The van der Waals surface area contributed by atoms with Gasteiger partial charge in [-0.1, -0.05) is 6.07 Å². The van der Waals surface area contributed by atoms with Crippen LogP contribution in [0.15, 0.2) is 18.2 Å². The lowest BCUT2D eigenvalue weighted by Crippen LogP contribution is -2.41. The van der Waals surface area contributed by atoms with Crippen molar-refractivity contribution in [2.45, 2.75) is 26.4 Å². The SMILES string of the molecule is CCNC(=O)C(C)NCc1ccc2c(c1)OCCO2. The van der Waals surface area contributed by atoms with Crippen LogP contribution in [0.5, 0.6) is 11.5 Å². The summed E-state index contributed by atoms with van der Waals surface area (Å²) in [4.78, 5) is 11.6.